The molecule has 0 aliphatic carbocycles. The number of rotatable bonds is 3. The number of anilines is 1. The van der Waals surface area contributed by atoms with E-state index in [1.54, 1.807) is 6.20 Å². The molecular formula is C17H25N3O. The maximum atomic E-state index is 12.0. The van der Waals surface area contributed by atoms with Gasteiger partial charge in [0.1, 0.15) is 0 Å². The number of nitrogens with one attached hydrogen (secondary N) is 1. The van der Waals surface area contributed by atoms with Crippen molar-refractivity contribution >= 4 is 11.7 Å². The molecule has 0 aromatic heterocycles. The van der Waals surface area contributed by atoms with E-state index >= 15 is 0 Å². The predicted octanol–water partition coefficient (Wildman–Crippen LogP) is 3.06. The average Bonchev–Trinajstić information content (AvgIpc) is 2.50. The van der Waals surface area contributed by atoms with Crippen molar-refractivity contribution in [3.63, 3.8) is 0 Å². The number of nitrogens with zero attached hydrogens (tertiary/aromatic N) is 2. The molecule has 21 heavy (non-hydrogen) atoms. The Hall–Kier alpha value is -1.97. The summed E-state index contributed by atoms with van der Waals surface area (Å²) in [5.74, 6) is 0. The highest BCUT2D eigenvalue weighted by Gasteiger charge is 2.21. The molecule has 1 saturated heterocycles. The quantitative estimate of drug-likeness (QED) is 0.927. The average molecular weight is 287 g/mol. The fraction of sp³-hybridized carbons (Fsp3) is 0.471. The third kappa shape index (κ3) is 3.78. The van der Waals surface area contributed by atoms with Crippen molar-refractivity contribution in [3.05, 3.63) is 41.6 Å². The van der Waals surface area contributed by atoms with Gasteiger partial charge in [0.05, 0.1) is 0 Å². The number of benzene rings is 1. The zero-order valence-corrected chi connectivity index (χ0v) is 13.2. The first-order valence-corrected chi connectivity index (χ1v) is 7.65. The summed E-state index contributed by atoms with van der Waals surface area (Å²) < 4.78 is 0. The molecule has 2 amide bonds. The lowest BCUT2D eigenvalue weighted by molar-refractivity contribution is 0.198. The summed E-state index contributed by atoms with van der Waals surface area (Å²) in [5.41, 5.74) is 3.94. The number of carbonyl (C=O) groups excluding carboxylic acids is 1. The first-order chi connectivity index (χ1) is 10.1. The molecule has 4 nitrogen and oxygen atoms in total. The van der Waals surface area contributed by atoms with Crippen molar-refractivity contribution < 1.29 is 4.79 Å². The van der Waals surface area contributed by atoms with Gasteiger partial charge < -0.3 is 15.1 Å². The molecule has 1 aliphatic rings. The number of piperazine rings is 1. The van der Waals surface area contributed by atoms with E-state index in [1.165, 1.54) is 16.8 Å². The molecule has 1 aromatic rings. The summed E-state index contributed by atoms with van der Waals surface area (Å²) in [7, 11) is 0. The van der Waals surface area contributed by atoms with E-state index < -0.39 is 0 Å². The summed E-state index contributed by atoms with van der Waals surface area (Å²) >= 11 is 0. The lowest BCUT2D eigenvalue weighted by Crippen LogP contribution is -2.51. The van der Waals surface area contributed by atoms with Crippen LogP contribution in [0.25, 0.3) is 0 Å². The van der Waals surface area contributed by atoms with E-state index in [0.29, 0.717) is 0 Å². The van der Waals surface area contributed by atoms with E-state index in [1.807, 2.05) is 17.9 Å². The van der Waals surface area contributed by atoms with Gasteiger partial charge in [-0.2, -0.15) is 0 Å². The highest BCUT2D eigenvalue weighted by molar-refractivity contribution is 5.75. The monoisotopic (exact) mass is 287 g/mol. The Kier molecular flexibility index (Phi) is 5.26. The van der Waals surface area contributed by atoms with Crippen LogP contribution in [0.1, 0.15) is 24.5 Å². The van der Waals surface area contributed by atoms with Crippen molar-refractivity contribution in [2.45, 2.75) is 27.2 Å². The minimum atomic E-state index is 0.000291. The highest BCUT2D eigenvalue weighted by atomic mass is 16.2. The number of carbonyl (C=O) groups is 1. The van der Waals surface area contributed by atoms with E-state index in [2.05, 4.69) is 42.3 Å². The van der Waals surface area contributed by atoms with Gasteiger partial charge in [0, 0.05) is 38.1 Å². The predicted molar refractivity (Wildman–Crippen MR) is 87.7 cm³/mol. The third-order valence-corrected chi connectivity index (χ3v) is 4.04. The van der Waals surface area contributed by atoms with Crippen LogP contribution in [0, 0.1) is 13.8 Å². The first-order valence-electron chi connectivity index (χ1n) is 7.65. The SMILES string of the molecule is CC/C=C/NC(=O)N1CCN(c2cccc(C)c2C)CC1. The molecule has 114 valence electrons. The van der Waals surface area contributed by atoms with Gasteiger partial charge in [-0.25, -0.2) is 4.79 Å². The van der Waals surface area contributed by atoms with Crippen LogP contribution in [0.3, 0.4) is 0 Å². The molecule has 0 atom stereocenters. The molecule has 0 spiro atoms. The second kappa shape index (κ2) is 7.16. The van der Waals surface area contributed by atoms with Crippen LogP contribution in [-0.2, 0) is 0 Å². The lowest BCUT2D eigenvalue weighted by Gasteiger charge is -2.36. The first kappa shape index (κ1) is 15.4. The number of aryl methyl sites for hydroxylation is 1. The summed E-state index contributed by atoms with van der Waals surface area (Å²) in [6, 6.07) is 6.41. The van der Waals surface area contributed by atoms with Gasteiger partial charge in [-0.3, -0.25) is 0 Å². The van der Waals surface area contributed by atoms with E-state index in [9.17, 15) is 4.79 Å². The Morgan fingerprint density at radius 2 is 1.95 bits per heavy atom. The van der Waals surface area contributed by atoms with Gasteiger partial charge >= 0.3 is 6.03 Å². The summed E-state index contributed by atoms with van der Waals surface area (Å²) in [6.07, 6.45) is 4.62. The molecule has 0 radical (unpaired) electrons. The van der Waals surface area contributed by atoms with Crippen LogP contribution >= 0.6 is 0 Å². The zero-order valence-electron chi connectivity index (χ0n) is 13.2. The minimum absolute atomic E-state index is 0.000291. The van der Waals surface area contributed by atoms with Crippen molar-refractivity contribution in [1.82, 2.24) is 10.2 Å². The maximum Gasteiger partial charge on any atom is 0.321 e. The largest absolute Gasteiger partial charge is 0.368 e. The van der Waals surface area contributed by atoms with Gasteiger partial charge in [0.25, 0.3) is 0 Å². The second-order valence-corrected chi connectivity index (χ2v) is 5.45. The minimum Gasteiger partial charge on any atom is -0.368 e. The van der Waals surface area contributed by atoms with Crippen LogP contribution in [0.2, 0.25) is 0 Å². The molecule has 1 N–H and O–H groups in total. The molecule has 1 aliphatic heterocycles. The Bertz CT molecular complexity index is 517. The normalized spacial score (nSPS) is 15.6. The van der Waals surface area contributed by atoms with E-state index in [0.717, 1.165) is 32.6 Å². The van der Waals surface area contributed by atoms with Crippen LogP contribution < -0.4 is 10.2 Å². The molecule has 1 aromatic carbocycles. The Balaban J connectivity index is 1.92. The maximum absolute atomic E-state index is 12.0. The second-order valence-electron chi connectivity index (χ2n) is 5.45. The smallest absolute Gasteiger partial charge is 0.321 e. The van der Waals surface area contributed by atoms with Crippen LogP contribution in [-0.4, -0.2) is 37.1 Å². The van der Waals surface area contributed by atoms with Crippen LogP contribution in [0.5, 0.6) is 0 Å². The van der Waals surface area contributed by atoms with Crippen molar-refractivity contribution in [3.8, 4) is 0 Å². The molecular weight excluding hydrogens is 262 g/mol. The van der Waals surface area contributed by atoms with E-state index in [4.69, 9.17) is 0 Å². The Morgan fingerprint density at radius 3 is 2.62 bits per heavy atom. The van der Waals surface area contributed by atoms with Gasteiger partial charge in [-0.1, -0.05) is 25.1 Å². The van der Waals surface area contributed by atoms with Crippen molar-refractivity contribution in [2.75, 3.05) is 31.1 Å². The molecule has 2 rings (SSSR count). The number of amides is 2. The molecule has 0 saturated carbocycles. The standard InChI is InChI=1S/C17H25N3O/c1-4-5-9-18-17(21)20-12-10-19(11-13-20)16-8-6-7-14(2)15(16)3/h5-9H,4,10-13H2,1-3H3,(H,18,21)/b9-5+. The fourth-order valence-electron chi connectivity index (χ4n) is 2.57. The third-order valence-electron chi connectivity index (χ3n) is 4.04. The number of allylic oxidation sites excluding steroid dienone is 1. The van der Waals surface area contributed by atoms with Crippen molar-refractivity contribution in [2.24, 2.45) is 0 Å². The number of hydrogen-bond donors (Lipinski definition) is 1. The number of hydrogen-bond acceptors (Lipinski definition) is 2. The molecule has 4 heteroatoms. The lowest BCUT2D eigenvalue weighted by atomic mass is 10.1. The van der Waals surface area contributed by atoms with Crippen LogP contribution in [0.4, 0.5) is 10.5 Å². The molecule has 1 heterocycles. The van der Waals surface area contributed by atoms with Gasteiger partial charge in [-0.05, 0) is 37.5 Å². The topological polar surface area (TPSA) is 35.6 Å². The molecule has 1 fully saturated rings. The summed E-state index contributed by atoms with van der Waals surface area (Å²) in [6.45, 7) is 9.65. The van der Waals surface area contributed by atoms with Gasteiger partial charge in [0.2, 0.25) is 0 Å². The Labute approximate surface area is 127 Å². The fourth-order valence-corrected chi connectivity index (χ4v) is 2.57. The zero-order chi connectivity index (χ0) is 15.2. The van der Waals surface area contributed by atoms with Crippen molar-refractivity contribution in [1.29, 1.82) is 0 Å². The van der Waals surface area contributed by atoms with Crippen LogP contribution in [0.15, 0.2) is 30.5 Å². The van der Waals surface area contributed by atoms with E-state index in [-0.39, 0.29) is 6.03 Å². The summed E-state index contributed by atoms with van der Waals surface area (Å²) in [5, 5.41) is 2.82. The molecule has 0 unspecified atom stereocenters. The van der Waals surface area contributed by atoms with Gasteiger partial charge in [0.15, 0.2) is 0 Å². The highest BCUT2D eigenvalue weighted by Crippen LogP contribution is 2.23. The Morgan fingerprint density at radius 1 is 1.24 bits per heavy atom. The van der Waals surface area contributed by atoms with Gasteiger partial charge in [-0.15, -0.1) is 0 Å². The number of urea groups is 1. The molecule has 0 bridgehead atoms. The summed E-state index contributed by atoms with van der Waals surface area (Å²) in [4.78, 5) is 16.2.